The number of carbonyl (C=O) groups is 1. The van der Waals surface area contributed by atoms with Crippen molar-refractivity contribution in [3.63, 3.8) is 0 Å². The number of piperazine rings is 1. The minimum Gasteiger partial charge on any atom is -0.357 e. The van der Waals surface area contributed by atoms with Gasteiger partial charge in [0.15, 0.2) is 5.96 Å². The van der Waals surface area contributed by atoms with Gasteiger partial charge >= 0.3 is 0 Å². The van der Waals surface area contributed by atoms with Gasteiger partial charge in [0.1, 0.15) is 0 Å². The molecular weight excluding hydrogens is 350 g/mol. The third-order valence-corrected chi connectivity index (χ3v) is 5.79. The summed E-state index contributed by atoms with van der Waals surface area (Å²) < 4.78 is 0. The van der Waals surface area contributed by atoms with Crippen LogP contribution in [0, 0.1) is 0 Å². The zero-order valence-corrected chi connectivity index (χ0v) is 17.4. The van der Waals surface area contributed by atoms with Crippen LogP contribution >= 0.6 is 0 Å². The van der Waals surface area contributed by atoms with E-state index in [0.717, 1.165) is 58.3 Å². The van der Waals surface area contributed by atoms with Gasteiger partial charge in [0, 0.05) is 52.2 Å². The summed E-state index contributed by atoms with van der Waals surface area (Å²) in [5, 5.41) is 3.45. The van der Waals surface area contributed by atoms with Crippen LogP contribution in [0.4, 0.5) is 0 Å². The molecule has 1 aromatic carbocycles. The summed E-state index contributed by atoms with van der Waals surface area (Å²) in [6.45, 7) is 10.9. The molecule has 1 atom stereocenters. The molecule has 1 amide bonds. The van der Waals surface area contributed by atoms with Crippen molar-refractivity contribution < 1.29 is 4.79 Å². The first kappa shape index (κ1) is 20.6. The number of amides is 1. The predicted octanol–water partition coefficient (Wildman–Crippen LogP) is 2.17. The van der Waals surface area contributed by atoms with Crippen LogP contribution < -0.4 is 5.32 Å². The molecule has 0 saturated carbocycles. The number of rotatable bonds is 5. The molecule has 1 N–H and O–H groups in total. The summed E-state index contributed by atoms with van der Waals surface area (Å²) in [5.74, 6) is 1.16. The SMILES string of the molecule is CCNC(=NCC1CCCCN1Cc1ccccc1)N1CCN(C(C)=O)CC1. The standard InChI is InChI=1S/C22H35N5O/c1-3-23-22(26-15-13-25(14-16-26)19(2)28)24-17-21-11-7-8-12-27(21)18-20-9-5-4-6-10-20/h4-6,9-10,21H,3,7-8,11-18H2,1-2H3,(H,23,24). The predicted molar refractivity (Wildman–Crippen MR) is 114 cm³/mol. The van der Waals surface area contributed by atoms with Crippen molar-refractivity contribution in [2.45, 2.75) is 45.7 Å². The van der Waals surface area contributed by atoms with Crippen LogP contribution in [0.15, 0.2) is 35.3 Å². The van der Waals surface area contributed by atoms with Crippen LogP contribution in [-0.2, 0) is 11.3 Å². The zero-order chi connectivity index (χ0) is 19.8. The molecule has 28 heavy (non-hydrogen) atoms. The first-order valence-electron chi connectivity index (χ1n) is 10.7. The van der Waals surface area contributed by atoms with Gasteiger partial charge in [-0.3, -0.25) is 14.7 Å². The fourth-order valence-electron chi connectivity index (χ4n) is 4.14. The molecule has 0 bridgehead atoms. The minimum atomic E-state index is 0.167. The molecule has 2 heterocycles. The van der Waals surface area contributed by atoms with E-state index in [4.69, 9.17) is 4.99 Å². The van der Waals surface area contributed by atoms with E-state index in [2.05, 4.69) is 52.4 Å². The third-order valence-electron chi connectivity index (χ3n) is 5.79. The lowest BCUT2D eigenvalue weighted by Gasteiger charge is -2.37. The topological polar surface area (TPSA) is 51.2 Å². The van der Waals surface area contributed by atoms with Crippen molar-refractivity contribution >= 4 is 11.9 Å². The average molecular weight is 386 g/mol. The van der Waals surface area contributed by atoms with Gasteiger partial charge in [-0.1, -0.05) is 36.8 Å². The number of nitrogens with zero attached hydrogens (tertiary/aromatic N) is 4. The molecule has 6 nitrogen and oxygen atoms in total. The number of guanidine groups is 1. The Morgan fingerprint density at radius 3 is 2.46 bits per heavy atom. The Labute approximate surface area is 169 Å². The highest BCUT2D eigenvalue weighted by Gasteiger charge is 2.24. The highest BCUT2D eigenvalue weighted by molar-refractivity contribution is 5.80. The van der Waals surface area contributed by atoms with E-state index in [1.54, 1.807) is 6.92 Å². The molecule has 2 aliphatic rings. The van der Waals surface area contributed by atoms with Gasteiger partial charge in [-0.15, -0.1) is 0 Å². The number of aliphatic imine (C=N–C) groups is 1. The van der Waals surface area contributed by atoms with Gasteiger partial charge in [0.2, 0.25) is 5.91 Å². The molecule has 2 fully saturated rings. The molecular formula is C22H35N5O. The molecule has 0 aliphatic carbocycles. The number of benzene rings is 1. The van der Waals surface area contributed by atoms with Crippen molar-refractivity contribution in [3.05, 3.63) is 35.9 Å². The number of hydrogen-bond donors (Lipinski definition) is 1. The van der Waals surface area contributed by atoms with Crippen molar-refractivity contribution in [1.82, 2.24) is 20.0 Å². The quantitative estimate of drug-likeness (QED) is 0.623. The fraction of sp³-hybridized carbons (Fsp3) is 0.636. The van der Waals surface area contributed by atoms with E-state index in [9.17, 15) is 4.79 Å². The van der Waals surface area contributed by atoms with Crippen LogP contribution in [0.3, 0.4) is 0 Å². The summed E-state index contributed by atoms with van der Waals surface area (Å²) in [6.07, 6.45) is 3.78. The molecule has 1 aromatic rings. The Morgan fingerprint density at radius 2 is 1.79 bits per heavy atom. The normalized spacial score (nSPS) is 21.6. The minimum absolute atomic E-state index is 0.167. The smallest absolute Gasteiger partial charge is 0.219 e. The first-order chi connectivity index (χ1) is 13.7. The van der Waals surface area contributed by atoms with Crippen molar-refractivity contribution in [2.75, 3.05) is 45.8 Å². The van der Waals surface area contributed by atoms with Crippen LogP contribution in [0.2, 0.25) is 0 Å². The Bertz CT molecular complexity index is 640. The second kappa shape index (κ2) is 10.5. The molecule has 6 heteroatoms. The molecule has 2 aliphatic heterocycles. The molecule has 0 aromatic heterocycles. The van der Waals surface area contributed by atoms with Crippen molar-refractivity contribution in [2.24, 2.45) is 4.99 Å². The molecule has 154 valence electrons. The maximum absolute atomic E-state index is 11.6. The Morgan fingerprint density at radius 1 is 1.07 bits per heavy atom. The number of hydrogen-bond acceptors (Lipinski definition) is 3. The summed E-state index contributed by atoms with van der Waals surface area (Å²) in [6, 6.07) is 11.3. The van der Waals surface area contributed by atoms with Gasteiger partial charge in [-0.2, -0.15) is 0 Å². The number of carbonyl (C=O) groups excluding carboxylic acids is 1. The van der Waals surface area contributed by atoms with E-state index in [1.165, 1.54) is 24.8 Å². The lowest BCUT2D eigenvalue weighted by molar-refractivity contribution is -0.130. The Balaban J connectivity index is 1.61. The monoisotopic (exact) mass is 385 g/mol. The molecule has 1 unspecified atom stereocenters. The van der Waals surface area contributed by atoms with Crippen LogP contribution in [0.25, 0.3) is 0 Å². The van der Waals surface area contributed by atoms with Gasteiger partial charge < -0.3 is 15.1 Å². The Kier molecular flexibility index (Phi) is 7.71. The molecule has 2 saturated heterocycles. The summed E-state index contributed by atoms with van der Waals surface area (Å²) in [7, 11) is 0. The lowest BCUT2D eigenvalue weighted by Crippen LogP contribution is -2.53. The number of nitrogens with one attached hydrogen (secondary N) is 1. The molecule has 0 spiro atoms. The van der Waals surface area contributed by atoms with E-state index in [0.29, 0.717) is 6.04 Å². The van der Waals surface area contributed by atoms with Gasteiger partial charge in [0.05, 0.1) is 6.54 Å². The lowest BCUT2D eigenvalue weighted by atomic mass is 10.0. The zero-order valence-electron chi connectivity index (χ0n) is 17.4. The van der Waals surface area contributed by atoms with Crippen molar-refractivity contribution in [3.8, 4) is 0 Å². The average Bonchev–Trinajstić information content (AvgIpc) is 2.73. The summed E-state index contributed by atoms with van der Waals surface area (Å²) >= 11 is 0. The second-order valence-corrected chi connectivity index (χ2v) is 7.79. The van der Waals surface area contributed by atoms with E-state index in [-0.39, 0.29) is 5.91 Å². The van der Waals surface area contributed by atoms with Crippen LogP contribution in [0.1, 0.15) is 38.7 Å². The first-order valence-corrected chi connectivity index (χ1v) is 10.7. The van der Waals surface area contributed by atoms with Crippen LogP contribution in [0.5, 0.6) is 0 Å². The molecule has 3 rings (SSSR count). The van der Waals surface area contributed by atoms with Crippen molar-refractivity contribution in [1.29, 1.82) is 0 Å². The third kappa shape index (κ3) is 5.71. The van der Waals surface area contributed by atoms with E-state index < -0.39 is 0 Å². The van der Waals surface area contributed by atoms with Crippen LogP contribution in [-0.4, -0.2) is 78.4 Å². The largest absolute Gasteiger partial charge is 0.357 e. The summed E-state index contributed by atoms with van der Waals surface area (Å²) in [5.41, 5.74) is 1.38. The number of likely N-dealkylation sites (tertiary alicyclic amines) is 1. The van der Waals surface area contributed by atoms with E-state index in [1.807, 2.05) is 4.90 Å². The molecule has 0 radical (unpaired) electrons. The maximum atomic E-state index is 11.6. The highest BCUT2D eigenvalue weighted by Crippen LogP contribution is 2.20. The number of piperidine rings is 1. The van der Waals surface area contributed by atoms with Gasteiger partial charge in [-0.05, 0) is 31.9 Å². The van der Waals surface area contributed by atoms with E-state index >= 15 is 0 Å². The highest BCUT2D eigenvalue weighted by atomic mass is 16.2. The fourth-order valence-corrected chi connectivity index (χ4v) is 4.14. The van der Waals surface area contributed by atoms with Gasteiger partial charge in [0.25, 0.3) is 0 Å². The Hall–Kier alpha value is -2.08. The second-order valence-electron chi connectivity index (χ2n) is 7.79. The van der Waals surface area contributed by atoms with Gasteiger partial charge in [-0.25, -0.2) is 0 Å². The summed E-state index contributed by atoms with van der Waals surface area (Å²) in [4.78, 5) is 23.4. The maximum Gasteiger partial charge on any atom is 0.219 e.